The number of nitrogens with zero attached hydrogens (tertiary/aromatic N) is 3. The Morgan fingerprint density at radius 2 is 1.63 bits per heavy atom. The van der Waals surface area contributed by atoms with Crippen molar-refractivity contribution in [2.75, 3.05) is 32.8 Å². The van der Waals surface area contributed by atoms with Crippen molar-refractivity contribution in [2.45, 2.75) is 63.3 Å². The van der Waals surface area contributed by atoms with Crippen LogP contribution in [0.25, 0.3) is 0 Å². The van der Waals surface area contributed by atoms with Gasteiger partial charge in [0.25, 0.3) is 0 Å². The van der Waals surface area contributed by atoms with Crippen molar-refractivity contribution in [3.63, 3.8) is 0 Å². The molecule has 0 radical (unpaired) electrons. The first-order valence-electron chi connectivity index (χ1n) is 13.9. The molecule has 0 bridgehead atoms. The number of amides is 3. The maximum Gasteiger partial charge on any atom is 0.249 e. The minimum absolute atomic E-state index is 0.0818. The van der Waals surface area contributed by atoms with Crippen LogP contribution in [0.3, 0.4) is 0 Å². The van der Waals surface area contributed by atoms with Crippen LogP contribution in [0, 0.1) is 11.8 Å². The molecule has 1 aromatic rings. The van der Waals surface area contributed by atoms with Gasteiger partial charge in [-0.3, -0.25) is 14.4 Å². The van der Waals surface area contributed by atoms with E-state index >= 15 is 0 Å². The Bertz CT molecular complexity index is 1120. The van der Waals surface area contributed by atoms with Gasteiger partial charge < -0.3 is 24.5 Å². The number of unbranched alkanes of at least 4 members (excludes halogenated alkanes) is 2. The van der Waals surface area contributed by atoms with Gasteiger partial charge in [-0.1, -0.05) is 61.6 Å². The average Bonchev–Trinajstić information content (AvgIpc) is 3.18. The van der Waals surface area contributed by atoms with Gasteiger partial charge in [0.2, 0.25) is 17.7 Å². The summed E-state index contributed by atoms with van der Waals surface area (Å²) in [6, 6.07) is 8.98. The molecule has 5 rings (SSSR count). The maximum atomic E-state index is 14.3. The summed E-state index contributed by atoms with van der Waals surface area (Å²) in [5.41, 5.74) is -1.19. The van der Waals surface area contributed by atoms with Gasteiger partial charge in [0, 0.05) is 39.3 Å². The van der Waals surface area contributed by atoms with E-state index in [4.69, 9.17) is 4.74 Å². The summed E-state index contributed by atoms with van der Waals surface area (Å²) in [4.78, 5) is 47.8. The molecule has 1 spiro atoms. The van der Waals surface area contributed by atoms with E-state index in [1.807, 2.05) is 73.4 Å². The molecule has 1 aromatic carbocycles. The predicted octanol–water partition coefficient (Wildman–Crippen LogP) is 2.53. The summed E-state index contributed by atoms with van der Waals surface area (Å²) in [5.74, 6) is -1.90. The van der Waals surface area contributed by atoms with Gasteiger partial charge >= 0.3 is 0 Å². The molecule has 38 heavy (non-hydrogen) atoms. The third-order valence-electron chi connectivity index (χ3n) is 8.49. The lowest BCUT2D eigenvalue weighted by Crippen LogP contribution is -2.55. The van der Waals surface area contributed by atoms with Crippen molar-refractivity contribution in [2.24, 2.45) is 11.8 Å². The highest BCUT2D eigenvalue weighted by atomic mass is 16.5. The Morgan fingerprint density at radius 3 is 2.37 bits per heavy atom. The molecule has 1 N–H and O–H groups in total. The van der Waals surface area contributed by atoms with Crippen LogP contribution in [0.2, 0.25) is 0 Å². The van der Waals surface area contributed by atoms with Gasteiger partial charge in [-0.2, -0.15) is 0 Å². The van der Waals surface area contributed by atoms with E-state index < -0.39 is 29.1 Å². The number of ether oxygens (including phenoxy) is 1. The van der Waals surface area contributed by atoms with E-state index in [9.17, 15) is 19.5 Å². The molecule has 0 aromatic heterocycles. The van der Waals surface area contributed by atoms with Gasteiger partial charge in [0.15, 0.2) is 0 Å². The lowest BCUT2D eigenvalue weighted by atomic mass is 9.74. The Morgan fingerprint density at radius 1 is 0.895 bits per heavy atom. The van der Waals surface area contributed by atoms with Crippen molar-refractivity contribution in [1.29, 1.82) is 0 Å². The first-order chi connectivity index (χ1) is 18.4. The molecule has 0 aliphatic carbocycles. The number of carbonyl (C=O) groups excluding carboxylic acids is 3. The molecule has 204 valence electrons. The van der Waals surface area contributed by atoms with Crippen LogP contribution in [0.1, 0.15) is 45.1 Å². The largest absolute Gasteiger partial charge is 0.396 e. The quantitative estimate of drug-likeness (QED) is 0.399. The second-order valence-corrected chi connectivity index (χ2v) is 11.1. The Labute approximate surface area is 224 Å². The summed E-state index contributed by atoms with van der Waals surface area (Å²) < 4.78 is 6.85. The van der Waals surface area contributed by atoms with E-state index in [1.165, 1.54) is 0 Å². The van der Waals surface area contributed by atoms with Crippen molar-refractivity contribution < 1.29 is 24.2 Å². The lowest BCUT2D eigenvalue weighted by Gasteiger charge is -2.37. The van der Waals surface area contributed by atoms with Crippen molar-refractivity contribution >= 4 is 17.7 Å². The fourth-order valence-corrected chi connectivity index (χ4v) is 6.85. The van der Waals surface area contributed by atoms with Crippen LogP contribution >= 0.6 is 0 Å². The second-order valence-electron chi connectivity index (χ2n) is 11.1. The first-order valence-corrected chi connectivity index (χ1v) is 13.9. The SMILES string of the molecule is CCCN1CC=C[C@]2(C)O[C@]34C=CCN(Cc5ccccc5)C(=O)C3N(CCCCCO)C(=O)[C@@H]4[C@@H]2C1=O. The van der Waals surface area contributed by atoms with Gasteiger partial charge in [0.05, 0.1) is 17.4 Å². The minimum Gasteiger partial charge on any atom is -0.396 e. The number of likely N-dealkylation sites (tertiary alicyclic amines) is 1. The summed E-state index contributed by atoms with van der Waals surface area (Å²) in [6.45, 7) is 6.33. The van der Waals surface area contributed by atoms with Crippen LogP contribution in [0.5, 0.6) is 0 Å². The zero-order valence-corrected chi connectivity index (χ0v) is 22.4. The fraction of sp³-hybridized carbons (Fsp3) is 0.567. The van der Waals surface area contributed by atoms with Crippen LogP contribution in [-0.2, 0) is 25.7 Å². The van der Waals surface area contributed by atoms with Gasteiger partial charge in [-0.05, 0) is 38.2 Å². The van der Waals surface area contributed by atoms with Crippen LogP contribution in [0.15, 0.2) is 54.6 Å². The predicted molar refractivity (Wildman–Crippen MR) is 143 cm³/mol. The molecule has 2 fully saturated rings. The molecule has 0 saturated carbocycles. The zero-order valence-electron chi connectivity index (χ0n) is 22.4. The van der Waals surface area contributed by atoms with Gasteiger partial charge in [-0.25, -0.2) is 0 Å². The van der Waals surface area contributed by atoms with Crippen LogP contribution in [-0.4, -0.2) is 87.6 Å². The number of hydrogen-bond donors (Lipinski definition) is 1. The smallest absolute Gasteiger partial charge is 0.249 e. The number of fused-ring (bicyclic) bond motifs is 2. The van der Waals surface area contributed by atoms with E-state index in [-0.39, 0.29) is 24.3 Å². The highest BCUT2D eigenvalue weighted by molar-refractivity contribution is 6.00. The monoisotopic (exact) mass is 521 g/mol. The number of benzene rings is 1. The van der Waals surface area contributed by atoms with Crippen molar-refractivity contribution in [3.05, 3.63) is 60.2 Å². The fourth-order valence-electron chi connectivity index (χ4n) is 6.85. The third kappa shape index (κ3) is 4.37. The van der Waals surface area contributed by atoms with Crippen LogP contribution in [0.4, 0.5) is 0 Å². The van der Waals surface area contributed by atoms with Crippen LogP contribution < -0.4 is 0 Å². The van der Waals surface area contributed by atoms with E-state index in [0.717, 1.165) is 18.4 Å². The summed E-state index contributed by atoms with van der Waals surface area (Å²) >= 11 is 0. The molecule has 2 saturated heterocycles. The zero-order chi connectivity index (χ0) is 26.9. The number of aliphatic hydroxyl groups excluding tert-OH is 1. The molecule has 8 heteroatoms. The van der Waals surface area contributed by atoms with E-state index in [1.54, 1.807) is 9.80 Å². The Balaban J connectivity index is 1.55. The normalized spacial score (nSPS) is 32.3. The summed E-state index contributed by atoms with van der Waals surface area (Å²) in [5, 5.41) is 9.25. The third-order valence-corrected chi connectivity index (χ3v) is 8.49. The molecular formula is C30H39N3O5. The Hall–Kier alpha value is -2.97. The molecule has 4 heterocycles. The van der Waals surface area contributed by atoms with E-state index in [2.05, 4.69) is 0 Å². The molecule has 5 atom stereocenters. The van der Waals surface area contributed by atoms with Gasteiger partial charge in [-0.15, -0.1) is 0 Å². The number of hydrogen-bond acceptors (Lipinski definition) is 5. The standard InChI is InChI=1S/C30H39N3O5/c1-3-16-31-17-10-14-29(2)23(26(31)35)24-27(36)33(19-8-5-9-20-34)25-28(37)32(18-11-15-30(24,25)38-29)21-22-12-6-4-7-13-22/h4,6-7,10-15,23-25,34H,3,5,8-9,16-21H2,1-2H3/t23-,24+,25?,29+,30+/m1/s1. The molecule has 1 unspecified atom stereocenters. The number of aliphatic hydroxyl groups is 1. The molecular weight excluding hydrogens is 482 g/mol. The number of carbonyl (C=O) groups is 3. The minimum atomic E-state index is -1.22. The van der Waals surface area contributed by atoms with Crippen molar-refractivity contribution in [1.82, 2.24) is 14.7 Å². The van der Waals surface area contributed by atoms with E-state index in [0.29, 0.717) is 45.6 Å². The lowest BCUT2D eigenvalue weighted by molar-refractivity contribution is -0.153. The summed E-state index contributed by atoms with van der Waals surface area (Å²) in [7, 11) is 0. The first kappa shape index (κ1) is 26.6. The highest BCUT2D eigenvalue weighted by Gasteiger charge is 2.74. The molecule has 8 nitrogen and oxygen atoms in total. The highest BCUT2D eigenvalue weighted by Crippen LogP contribution is 2.57. The summed E-state index contributed by atoms with van der Waals surface area (Å²) in [6.07, 6.45) is 10.6. The van der Waals surface area contributed by atoms with Crippen molar-refractivity contribution in [3.8, 4) is 0 Å². The average molecular weight is 522 g/mol. The van der Waals surface area contributed by atoms with Gasteiger partial charge in [0.1, 0.15) is 11.6 Å². The molecule has 4 aliphatic rings. The molecule has 3 amide bonds. The second kappa shape index (κ2) is 10.7. The maximum absolute atomic E-state index is 14.3. The topological polar surface area (TPSA) is 90.4 Å². The Kier molecular flexibility index (Phi) is 7.47. The molecule has 4 aliphatic heterocycles. The number of rotatable bonds is 9.